The summed E-state index contributed by atoms with van der Waals surface area (Å²) in [5, 5.41) is 3.24. The molecule has 0 saturated carbocycles. The van der Waals surface area contributed by atoms with E-state index in [-0.39, 0.29) is 30.6 Å². The smallest absolute Gasteiger partial charge is 0.251 e. The van der Waals surface area contributed by atoms with Crippen LogP contribution < -0.4 is 10.2 Å². The SMILES string of the molecule is CC(=O)N(CCNC(=O)c1ccc(Cl)cc1)c1ccccc1F. The Balaban J connectivity index is 1.97. The van der Waals surface area contributed by atoms with E-state index in [1.54, 1.807) is 36.4 Å². The molecule has 1 N–H and O–H groups in total. The Morgan fingerprint density at radius 2 is 1.78 bits per heavy atom. The maximum absolute atomic E-state index is 13.8. The van der Waals surface area contributed by atoms with Crippen molar-refractivity contribution in [3.8, 4) is 0 Å². The number of anilines is 1. The van der Waals surface area contributed by atoms with Crippen LogP contribution in [0.2, 0.25) is 5.02 Å². The van der Waals surface area contributed by atoms with Gasteiger partial charge in [0.15, 0.2) is 0 Å². The van der Waals surface area contributed by atoms with Gasteiger partial charge in [-0.1, -0.05) is 23.7 Å². The Kier molecular flexibility index (Phi) is 5.71. The van der Waals surface area contributed by atoms with Crippen molar-refractivity contribution in [1.82, 2.24) is 5.32 Å². The molecule has 0 unspecified atom stereocenters. The number of nitrogens with one attached hydrogen (secondary N) is 1. The van der Waals surface area contributed by atoms with E-state index in [9.17, 15) is 14.0 Å². The second kappa shape index (κ2) is 7.74. The van der Waals surface area contributed by atoms with Crippen molar-refractivity contribution in [1.29, 1.82) is 0 Å². The molecule has 0 saturated heterocycles. The van der Waals surface area contributed by atoms with Crippen molar-refractivity contribution < 1.29 is 14.0 Å². The van der Waals surface area contributed by atoms with Gasteiger partial charge < -0.3 is 10.2 Å². The Labute approximate surface area is 138 Å². The number of halogens is 2. The lowest BCUT2D eigenvalue weighted by Gasteiger charge is -2.21. The molecule has 4 nitrogen and oxygen atoms in total. The number of hydrogen-bond donors (Lipinski definition) is 1. The van der Waals surface area contributed by atoms with E-state index in [0.29, 0.717) is 10.6 Å². The van der Waals surface area contributed by atoms with Gasteiger partial charge in [0.2, 0.25) is 5.91 Å². The maximum atomic E-state index is 13.8. The average molecular weight is 335 g/mol. The van der Waals surface area contributed by atoms with E-state index >= 15 is 0 Å². The number of carbonyl (C=O) groups excluding carboxylic acids is 2. The van der Waals surface area contributed by atoms with Gasteiger partial charge in [-0.3, -0.25) is 9.59 Å². The molecule has 120 valence electrons. The topological polar surface area (TPSA) is 49.4 Å². The molecule has 0 aliphatic carbocycles. The van der Waals surface area contributed by atoms with Gasteiger partial charge in [0.05, 0.1) is 5.69 Å². The molecule has 0 fully saturated rings. The predicted molar refractivity (Wildman–Crippen MR) is 88.2 cm³/mol. The van der Waals surface area contributed by atoms with E-state index < -0.39 is 5.82 Å². The van der Waals surface area contributed by atoms with Crippen LogP contribution in [0.15, 0.2) is 48.5 Å². The van der Waals surface area contributed by atoms with Crippen LogP contribution in [0.3, 0.4) is 0 Å². The standard InChI is InChI=1S/C17H16ClFN2O2/c1-12(22)21(16-5-3-2-4-15(16)19)11-10-20-17(23)13-6-8-14(18)9-7-13/h2-9H,10-11H2,1H3,(H,20,23). The number of benzene rings is 2. The van der Waals surface area contributed by atoms with E-state index in [1.165, 1.54) is 24.0 Å². The van der Waals surface area contributed by atoms with Gasteiger partial charge in [-0.25, -0.2) is 4.39 Å². The van der Waals surface area contributed by atoms with Crippen molar-refractivity contribution in [3.63, 3.8) is 0 Å². The zero-order chi connectivity index (χ0) is 16.8. The van der Waals surface area contributed by atoms with Gasteiger partial charge in [-0.2, -0.15) is 0 Å². The lowest BCUT2D eigenvalue weighted by Crippen LogP contribution is -2.38. The van der Waals surface area contributed by atoms with Crippen LogP contribution in [0.5, 0.6) is 0 Å². The van der Waals surface area contributed by atoms with E-state index in [2.05, 4.69) is 5.32 Å². The molecule has 0 radical (unpaired) electrons. The van der Waals surface area contributed by atoms with Gasteiger partial charge >= 0.3 is 0 Å². The van der Waals surface area contributed by atoms with Gasteiger partial charge in [0.25, 0.3) is 5.91 Å². The van der Waals surface area contributed by atoms with Crippen LogP contribution in [0.4, 0.5) is 10.1 Å². The molecule has 0 spiro atoms. The fourth-order valence-corrected chi connectivity index (χ4v) is 2.23. The highest BCUT2D eigenvalue weighted by Crippen LogP contribution is 2.18. The number of hydrogen-bond acceptors (Lipinski definition) is 2. The molecular formula is C17H16ClFN2O2. The third kappa shape index (κ3) is 4.53. The Bertz CT molecular complexity index is 704. The van der Waals surface area contributed by atoms with Gasteiger partial charge in [-0.05, 0) is 36.4 Å². The van der Waals surface area contributed by atoms with Crippen LogP contribution in [0, 0.1) is 5.82 Å². The molecule has 2 aromatic carbocycles. The quantitative estimate of drug-likeness (QED) is 0.912. The molecule has 2 rings (SSSR count). The van der Waals surface area contributed by atoms with Crippen LogP contribution in [-0.4, -0.2) is 24.9 Å². The summed E-state index contributed by atoms with van der Waals surface area (Å²) in [7, 11) is 0. The van der Waals surface area contributed by atoms with E-state index in [1.807, 2.05) is 0 Å². The molecule has 6 heteroatoms. The molecule has 23 heavy (non-hydrogen) atoms. The predicted octanol–water partition coefficient (Wildman–Crippen LogP) is 3.26. The molecular weight excluding hydrogens is 319 g/mol. The summed E-state index contributed by atoms with van der Waals surface area (Å²) in [5.74, 6) is -1.05. The zero-order valence-corrected chi connectivity index (χ0v) is 13.3. The highest BCUT2D eigenvalue weighted by Gasteiger charge is 2.15. The summed E-state index contributed by atoms with van der Waals surface area (Å²) in [4.78, 5) is 25.0. The van der Waals surface area contributed by atoms with Gasteiger partial charge in [0, 0.05) is 30.6 Å². The van der Waals surface area contributed by atoms with E-state index in [0.717, 1.165) is 0 Å². The maximum Gasteiger partial charge on any atom is 0.251 e. The van der Waals surface area contributed by atoms with Gasteiger partial charge in [-0.15, -0.1) is 0 Å². The number of amides is 2. The number of para-hydroxylation sites is 1. The fraction of sp³-hybridized carbons (Fsp3) is 0.176. The first-order valence-corrected chi connectivity index (χ1v) is 7.43. The van der Waals surface area contributed by atoms with Crippen LogP contribution in [-0.2, 0) is 4.79 Å². The minimum atomic E-state index is -0.480. The minimum absolute atomic E-state index is 0.176. The summed E-state index contributed by atoms with van der Waals surface area (Å²) in [5.41, 5.74) is 0.662. The van der Waals surface area contributed by atoms with Crippen molar-refractivity contribution in [2.24, 2.45) is 0 Å². The first kappa shape index (κ1) is 17.0. The van der Waals surface area contributed by atoms with Crippen molar-refractivity contribution in [2.75, 3.05) is 18.0 Å². The van der Waals surface area contributed by atoms with Crippen LogP contribution in [0.25, 0.3) is 0 Å². The lowest BCUT2D eigenvalue weighted by molar-refractivity contribution is -0.116. The first-order valence-electron chi connectivity index (χ1n) is 7.05. The number of rotatable bonds is 5. The zero-order valence-electron chi connectivity index (χ0n) is 12.6. The second-order valence-electron chi connectivity index (χ2n) is 4.88. The van der Waals surface area contributed by atoms with E-state index in [4.69, 9.17) is 11.6 Å². The Morgan fingerprint density at radius 3 is 2.39 bits per heavy atom. The van der Waals surface area contributed by atoms with Crippen molar-refractivity contribution in [3.05, 3.63) is 64.9 Å². The third-order valence-electron chi connectivity index (χ3n) is 3.25. The normalized spacial score (nSPS) is 10.2. The molecule has 0 aliphatic heterocycles. The largest absolute Gasteiger partial charge is 0.350 e. The van der Waals surface area contributed by atoms with Crippen LogP contribution in [0.1, 0.15) is 17.3 Å². The fourth-order valence-electron chi connectivity index (χ4n) is 2.10. The summed E-state index contributed by atoms with van der Waals surface area (Å²) < 4.78 is 13.8. The highest BCUT2D eigenvalue weighted by atomic mass is 35.5. The van der Waals surface area contributed by atoms with Gasteiger partial charge in [0.1, 0.15) is 5.82 Å². The lowest BCUT2D eigenvalue weighted by atomic mass is 10.2. The number of nitrogens with zero attached hydrogens (tertiary/aromatic N) is 1. The summed E-state index contributed by atoms with van der Waals surface area (Å²) in [6.07, 6.45) is 0. The molecule has 0 heterocycles. The number of carbonyl (C=O) groups is 2. The molecule has 0 atom stereocenters. The monoisotopic (exact) mass is 334 g/mol. The van der Waals surface area contributed by atoms with Crippen molar-refractivity contribution in [2.45, 2.75) is 6.92 Å². The van der Waals surface area contributed by atoms with Crippen molar-refractivity contribution >= 4 is 29.1 Å². The van der Waals surface area contributed by atoms with Crippen LogP contribution >= 0.6 is 11.6 Å². The molecule has 0 aliphatic rings. The third-order valence-corrected chi connectivity index (χ3v) is 3.50. The molecule has 2 amide bonds. The Hall–Kier alpha value is -2.40. The highest BCUT2D eigenvalue weighted by molar-refractivity contribution is 6.30. The summed E-state index contributed by atoms with van der Waals surface area (Å²) in [6, 6.07) is 12.5. The first-order chi connectivity index (χ1) is 11.0. The minimum Gasteiger partial charge on any atom is -0.350 e. The Morgan fingerprint density at radius 1 is 1.13 bits per heavy atom. The summed E-state index contributed by atoms with van der Waals surface area (Å²) in [6.45, 7) is 1.73. The average Bonchev–Trinajstić information content (AvgIpc) is 2.53. The molecule has 0 aromatic heterocycles. The summed E-state index contributed by atoms with van der Waals surface area (Å²) >= 11 is 5.77. The molecule has 2 aromatic rings. The second-order valence-corrected chi connectivity index (χ2v) is 5.32. The molecule has 0 bridgehead atoms.